The molecule has 2 heterocycles. The maximum absolute atomic E-state index is 11.0. The molecule has 0 aliphatic rings. The third-order valence-electron chi connectivity index (χ3n) is 2.33. The van der Waals surface area contributed by atoms with Crippen molar-refractivity contribution in [3.63, 3.8) is 0 Å². The molecule has 8 heteroatoms. The van der Waals surface area contributed by atoms with Crippen molar-refractivity contribution in [2.24, 2.45) is 0 Å². The van der Waals surface area contributed by atoms with E-state index < -0.39 is 4.92 Å². The van der Waals surface area contributed by atoms with Crippen molar-refractivity contribution in [1.82, 2.24) is 19.7 Å². The summed E-state index contributed by atoms with van der Waals surface area (Å²) in [5.41, 5.74) is 0.566. The van der Waals surface area contributed by atoms with Crippen LogP contribution in [0.3, 0.4) is 0 Å². The standard InChI is InChI=1S/C10H10ClN5O2/c1-2-5-15-7(3-4-13-15)9-8(16(17)18)6-12-10(11)14-9/h3-4,6H,2,5H2,1H3. The molecule has 0 saturated heterocycles. The van der Waals surface area contributed by atoms with Crippen molar-refractivity contribution in [3.05, 3.63) is 33.9 Å². The Morgan fingerprint density at radius 2 is 2.33 bits per heavy atom. The highest BCUT2D eigenvalue weighted by Crippen LogP contribution is 2.27. The van der Waals surface area contributed by atoms with Crippen LogP contribution in [0.1, 0.15) is 13.3 Å². The number of hydrogen-bond acceptors (Lipinski definition) is 5. The monoisotopic (exact) mass is 267 g/mol. The number of hydrogen-bond donors (Lipinski definition) is 0. The van der Waals surface area contributed by atoms with Gasteiger partial charge in [-0.2, -0.15) is 5.10 Å². The van der Waals surface area contributed by atoms with E-state index in [4.69, 9.17) is 11.6 Å². The summed E-state index contributed by atoms with van der Waals surface area (Å²) in [6, 6.07) is 1.67. The summed E-state index contributed by atoms with van der Waals surface area (Å²) in [4.78, 5) is 18.0. The van der Waals surface area contributed by atoms with E-state index >= 15 is 0 Å². The Labute approximate surface area is 108 Å². The quantitative estimate of drug-likeness (QED) is 0.482. The minimum atomic E-state index is -0.533. The van der Waals surface area contributed by atoms with E-state index in [1.807, 2.05) is 6.92 Å². The van der Waals surface area contributed by atoms with Gasteiger partial charge in [-0.25, -0.2) is 9.97 Å². The molecule has 0 fully saturated rings. The molecule has 2 aromatic rings. The van der Waals surface area contributed by atoms with Crippen LogP contribution in [-0.2, 0) is 6.54 Å². The normalized spacial score (nSPS) is 10.6. The fraction of sp³-hybridized carbons (Fsp3) is 0.300. The first kappa shape index (κ1) is 12.4. The average molecular weight is 268 g/mol. The summed E-state index contributed by atoms with van der Waals surface area (Å²) in [5, 5.41) is 15.0. The van der Waals surface area contributed by atoms with Crippen molar-refractivity contribution in [2.45, 2.75) is 19.9 Å². The summed E-state index contributed by atoms with van der Waals surface area (Å²) < 4.78 is 1.66. The van der Waals surface area contributed by atoms with Crippen LogP contribution in [0, 0.1) is 10.1 Å². The molecule has 0 atom stereocenters. The van der Waals surface area contributed by atoms with Gasteiger partial charge in [0.2, 0.25) is 5.28 Å². The second-order valence-corrected chi connectivity index (χ2v) is 3.91. The highest BCUT2D eigenvalue weighted by Gasteiger charge is 2.21. The van der Waals surface area contributed by atoms with Crippen LogP contribution in [-0.4, -0.2) is 24.7 Å². The van der Waals surface area contributed by atoms with Gasteiger partial charge in [0, 0.05) is 12.7 Å². The van der Waals surface area contributed by atoms with Crippen LogP contribution in [0.2, 0.25) is 5.28 Å². The van der Waals surface area contributed by atoms with Crippen LogP contribution < -0.4 is 0 Å². The van der Waals surface area contributed by atoms with Gasteiger partial charge in [-0.3, -0.25) is 14.8 Å². The maximum Gasteiger partial charge on any atom is 0.315 e. The zero-order chi connectivity index (χ0) is 13.1. The van der Waals surface area contributed by atoms with Crippen LogP contribution in [0.25, 0.3) is 11.4 Å². The van der Waals surface area contributed by atoms with E-state index in [1.165, 1.54) is 0 Å². The van der Waals surface area contributed by atoms with E-state index in [9.17, 15) is 10.1 Å². The first-order valence-electron chi connectivity index (χ1n) is 5.32. The van der Waals surface area contributed by atoms with Crippen molar-refractivity contribution >= 4 is 17.3 Å². The van der Waals surface area contributed by atoms with Gasteiger partial charge in [-0.1, -0.05) is 6.92 Å². The second-order valence-electron chi connectivity index (χ2n) is 3.57. The fourth-order valence-electron chi connectivity index (χ4n) is 1.60. The third-order valence-corrected chi connectivity index (χ3v) is 2.51. The molecule has 2 aromatic heterocycles. The number of rotatable bonds is 4. The van der Waals surface area contributed by atoms with Gasteiger partial charge in [0.25, 0.3) is 0 Å². The predicted molar refractivity (Wildman–Crippen MR) is 65.2 cm³/mol. The van der Waals surface area contributed by atoms with Gasteiger partial charge in [0.1, 0.15) is 6.20 Å². The largest absolute Gasteiger partial charge is 0.315 e. The predicted octanol–water partition coefficient (Wildman–Crippen LogP) is 2.31. The van der Waals surface area contributed by atoms with Crippen molar-refractivity contribution in [1.29, 1.82) is 0 Å². The zero-order valence-electron chi connectivity index (χ0n) is 9.58. The first-order chi connectivity index (χ1) is 8.63. The average Bonchev–Trinajstić information content (AvgIpc) is 2.77. The SMILES string of the molecule is CCCn1nccc1-c1nc(Cl)ncc1[N+](=O)[O-]. The molecule has 7 nitrogen and oxygen atoms in total. The topological polar surface area (TPSA) is 86.7 Å². The Bertz CT molecular complexity index is 583. The lowest BCUT2D eigenvalue weighted by atomic mass is 10.2. The van der Waals surface area contributed by atoms with Crippen molar-refractivity contribution in [3.8, 4) is 11.4 Å². The van der Waals surface area contributed by atoms with Gasteiger partial charge in [-0.05, 0) is 24.1 Å². The van der Waals surface area contributed by atoms with Gasteiger partial charge in [-0.15, -0.1) is 0 Å². The molecular formula is C10H10ClN5O2. The molecule has 0 amide bonds. The van der Waals surface area contributed by atoms with E-state index in [1.54, 1.807) is 16.9 Å². The van der Waals surface area contributed by atoms with Crippen LogP contribution in [0.15, 0.2) is 18.5 Å². The smallest absolute Gasteiger partial charge is 0.263 e. The molecule has 0 bridgehead atoms. The lowest BCUT2D eigenvalue weighted by Gasteiger charge is -2.05. The summed E-state index contributed by atoms with van der Waals surface area (Å²) in [6.45, 7) is 2.65. The molecular weight excluding hydrogens is 258 g/mol. The first-order valence-corrected chi connectivity index (χ1v) is 5.70. The number of halogens is 1. The minimum absolute atomic E-state index is 0.0279. The van der Waals surface area contributed by atoms with Crippen molar-refractivity contribution in [2.75, 3.05) is 0 Å². The lowest BCUT2D eigenvalue weighted by molar-refractivity contribution is -0.384. The lowest BCUT2D eigenvalue weighted by Crippen LogP contribution is -2.04. The molecule has 0 saturated carbocycles. The highest BCUT2D eigenvalue weighted by molar-refractivity contribution is 6.28. The molecule has 0 radical (unpaired) electrons. The Morgan fingerprint density at radius 3 is 3.00 bits per heavy atom. The number of nitro groups is 1. The zero-order valence-corrected chi connectivity index (χ0v) is 10.3. The molecule has 0 unspecified atom stereocenters. The molecule has 94 valence electrons. The summed E-state index contributed by atoms with van der Waals surface area (Å²) in [5.74, 6) is 0. The van der Waals surface area contributed by atoms with Crippen LogP contribution in [0.5, 0.6) is 0 Å². The second kappa shape index (κ2) is 5.09. The van der Waals surface area contributed by atoms with Gasteiger partial charge >= 0.3 is 5.69 Å². The molecule has 0 aliphatic heterocycles. The fourth-order valence-corrected chi connectivity index (χ4v) is 1.73. The number of nitrogens with zero attached hydrogens (tertiary/aromatic N) is 5. The van der Waals surface area contributed by atoms with E-state index in [-0.39, 0.29) is 16.7 Å². The Kier molecular flexibility index (Phi) is 3.52. The highest BCUT2D eigenvalue weighted by atomic mass is 35.5. The van der Waals surface area contributed by atoms with E-state index in [0.29, 0.717) is 12.2 Å². The number of aromatic nitrogens is 4. The molecule has 0 aromatic carbocycles. The van der Waals surface area contributed by atoms with E-state index in [2.05, 4.69) is 15.1 Å². The Morgan fingerprint density at radius 1 is 1.56 bits per heavy atom. The Balaban J connectivity index is 2.58. The van der Waals surface area contributed by atoms with E-state index in [0.717, 1.165) is 12.6 Å². The third kappa shape index (κ3) is 2.30. The van der Waals surface area contributed by atoms with Crippen molar-refractivity contribution < 1.29 is 4.92 Å². The molecule has 18 heavy (non-hydrogen) atoms. The molecule has 2 rings (SSSR count). The summed E-state index contributed by atoms with van der Waals surface area (Å²) in [6.07, 6.45) is 3.54. The molecule has 0 aliphatic carbocycles. The summed E-state index contributed by atoms with van der Waals surface area (Å²) >= 11 is 5.69. The Hall–Kier alpha value is -2.02. The molecule has 0 N–H and O–H groups in total. The van der Waals surface area contributed by atoms with Gasteiger partial charge < -0.3 is 0 Å². The van der Waals surface area contributed by atoms with Gasteiger partial charge in [0.05, 0.1) is 10.6 Å². The number of aryl methyl sites for hydroxylation is 1. The van der Waals surface area contributed by atoms with Crippen LogP contribution >= 0.6 is 11.6 Å². The van der Waals surface area contributed by atoms with Crippen LogP contribution in [0.4, 0.5) is 5.69 Å². The molecule has 0 spiro atoms. The summed E-state index contributed by atoms with van der Waals surface area (Å²) in [7, 11) is 0. The maximum atomic E-state index is 11.0. The van der Waals surface area contributed by atoms with Gasteiger partial charge in [0.15, 0.2) is 5.69 Å². The minimum Gasteiger partial charge on any atom is -0.263 e.